The largest absolute Gasteiger partial charge is 0.477 e. The molecule has 0 aliphatic carbocycles. The fourth-order valence-electron chi connectivity index (χ4n) is 2.28. The molecule has 0 radical (unpaired) electrons. The first-order valence-electron chi connectivity index (χ1n) is 8.31. The number of nitrogens with one attached hydrogen (secondary N) is 1. The lowest BCUT2D eigenvalue weighted by molar-refractivity contribution is -0.139. The molecule has 0 unspecified atom stereocenters. The quantitative estimate of drug-likeness (QED) is 0.636. The number of nitrogens with zero attached hydrogens (tertiary/aromatic N) is 2. The Morgan fingerprint density at radius 2 is 1.96 bits per heavy atom. The smallest absolute Gasteiger partial charge is 0.423 e. The Morgan fingerprint density at radius 3 is 2.64 bits per heavy atom. The van der Waals surface area contributed by atoms with E-state index < -0.39 is 17.6 Å². The second-order valence-electron chi connectivity index (χ2n) is 5.81. The van der Waals surface area contributed by atoms with Gasteiger partial charge in [0.15, 0.2) is 0 Å². The molecule has 0 aliphatic heterocycles. The summed E-state index contributed by atoms with van der Waals surface area (Å²) in [5.74, 6) is -0.365. The van der Waals surface area contributed by atoms with Crippen LogP contribution in [0.1, 0.15) is 43.7 Å². The maximum Gasteiger partial charge on any atom is 0.423 e. The Hall–Kier alpha value is -2.31. The Balaban J connectivity index is 2.15. The zero-order valence-corrected chi connectivity index (χ0v) is 14.4. The summed E-state index contributed by atoms with van der Waals surface area (Å²) in [5.41, 5.74) is 0.760. The lowest BCUT2D eigenvalue weighted by Crippen LogP contribution is -2.13. The number of unbranched alkanes of at least 4 members (excludes halogenated alkanes) is 3. The molecule has 1 heterocycles. The number of aromatic nitrogens is 2. The molecule has 0 amide bonds. The topological polar surface area (TPSA) is 47.0 Å². The van der Waals surface area contributed by atoms with Gasteiger partial charge in [-0.25, -0.2) is 4.98 Å². The fraction of sp³-hybridized carbons (Fsp3) is 0.444. The summed E-state index contributed by atoms with van der Waals surface area (Å²) in [6, 6.07) is 7.40. The van der Waals surface area contributed by atoms with E-state index >= 15 is 0 Å². The third kappa shape index (κ3) is 5.92. The maximum atomic E-state index is 13.1. The van der Waals surface area contributed by atoms with Crippen molar-refractivity contribution < 1.29 is 17.9 Å². The minimum atomic E-state index is -4.55. The highest BCUT2D eigenvalue weighted by atomic mass is 19.4. The Kier molecular flexibility index (Phi) is 6.61. The molecule has 2 aromatic rings. The molecule has 7 heteroatoms. The van der Waals surface area contributed by atoms with Gasteiger partial charge in [-0.2, -0.15) is 18.2 Å². The Bertz CT molecular complexity index is 690. The Labute approximate surface area is 145 Å². The van der Waals surface area contributed by atoms with Crippen molar-refractivity contribution in [1.82, 2.24) is 9.97 Å². The van der Waals surface area contributed by atoms with Crippen molar-refractivity contribution in [2.45, 2.75) is 45.7 Å². The number of anilines is 2. The lowest BCUT2D eigenvalue weighted by Gasteiger charge is -2.14. The molecule has 0 aliphatic rings. The number of rotatable bonds is 8. The predicted molar refractivity (Wildman–Crippen MR) is 91.1 cm³/mol. The summed E-state index contributed by atoms with van der Waals surface area (Å²) in [5, 5.41) is 2.90. The van der Waals surface area contributed by atoms with Crippen LogP contribution in [0.5, 0.6) is 5.88 Å². The third-order valence-electron chi connectivity index (χ3n) is 3.57. The van der Waals surface area contributed by atoms with Gasteiger partial charge in [-0.15, -0.1) is 0 Å². The lowest BCUT2D eigenvalue weighted by atomic mass is 10.2. The van der Waals surface area contributed by atoms with Crippen molar-refractivity contribution in [2.24, 2.45) is 0 Å². The SMILES string of the molecule is CCCCCCOc1nc(Nc2cccc(C)c2)ncc1C(F)(F)F. The van der Waals surface area contributed by atoms with E-state index in [0.717, 1.165) is 31.0 Å². The van der Waals surface area contributed by atoms with Crippen molar-refractivity contribution in [3.63, 3.8) is 0 Å². The second kappa shape index (κ2) is 8.69. The molecule has 1 N–H and O–H groups in total. The maximum absolute atomic E-state index is 13.1. The van der Waals surface area contributed by atoms with Crippen LogP contribution < -0.4 is 10.1 Å². The fourth-order valence-corrected chi connectivity index (χ4v) is 2.28. The van der Waals surface area contributed by atoms with Gasteiger partial charge in [-0.3, -0.25) is 0 Å². The number of benzene rings is 1. The summed E-state index contributed by atoms with van der Waals surface area (Å²) >= 11 is 0. The zero-order chi connectivity index (χ0) is 18.3. The molecule has 0 saturated heterocycles. The molecule has 0 bridgehead atoms. The third-order valence-corrected chi connectivity index (χ3v) is 3.57. The predicted octanol–water partition coefficient (Wildman–Crippen LogP) is 5.51. The average molecular weight is 353 g/mol. The van der Waals surface area contributed by atoms with Crippen LogP contribution in [0.2, 0.25) is 0 Å². The van der Waals surface area contributed by atoms with Gasteiger partial charge >= 0.3 is 6.18 Å². The van der Waals surface area contributed by atoms with Crippen molar-refractivity contribution in [2.75, 3.05) is 11.9 Å². The van der Waals surface area contributed by atoms with E-state index in [-0.39, 0.29) is 12.6 Å². The number of hydrogen-bond acceptors (Lipinski definition) is 4. The van der Waals surface area contributed by atoms with Crippen LogP contribution in [0.25, 0.3) is 0 Å². The van der Waals surface area contributed by atoms with Crippen molar-refractivity contribution >= 4 is 11.6 Å². The molecular formula is C18H22F3N3O. The number of aryl methyl sites for hydroxylation is 1. The van der Waals surface area contributed by atoms with Crippen molar-refractivity contribution in [1.29, 1.82) is 0 Å². The van der Waals surface area contributed by atoms with Crippen LogP contribution in [0.3, 0.4) is 0 Å². The van der Waals surface area contributed by atoms with E-state index in [4.69, 9.17) is 4.74 Å². The minimum Gasteiger partial charge on any atom is -0.477 e. The highest BCUT2D eigenvalue weighted by Crippen LogP contribution is 2.35. The molecule has 136 valence electrons. The molecule has 0 spiro atoms. The van der Waals surface area contributed by atoms with Crippen molar-refractivity contribution in [3.8, 4) is 5.88 Å². The summed E-state index contributed by atoms with van der Waals surface area (Å²) in [7, 11) is 0. The molecule has 1 aromatic carbocycles. The van der Waals surface area contributed by atoms with Gasteiger partial charge in [0.25, 0.3) is 0 Å². The van der Waals surface area contributed by atoms with Crippen LogP contribution >= 0.6 is 0 Å². The van der Waals surface area contributed by atoms with E-state index in [1.165, 1.54) is 0 Å². The number of alkyl halides is 3. The first-order chi connectivity index (χ1) is 11.9. The summed E-state index contributed by atoms with van der Waals surface area (Å²) in [4.78, 5) is 7.68. The van der Waals surface area contributed by atoms with Gasteiger partial charge in [0.2, 0.25) is 11.8 Å². The molecular weight excluding hydrogens is 331 g/mol. The molecule has 2 rings (SSSR count). The van der Waals surface area contributed by atoms with Gasteiger partial charge in [-0.05, 0) is 31.0 Å². The number of halogens is 3. The minimum absolute atomic E-state index is 0.0714. The highest BCUT2D eigenvalue weighted by Gasteiger charge is 2.36. The molecule has 0 saturated carbocycles. The molecule has 4 nitrogen and oxygen atoms in total. The molecule has 0 atom stereocenters. The zero-order valence-electron chi connectivity index (χ0n) is 14.4. The number of hydrogen-bond donors (Lipinski definition) is 1. The van der Waals surface area contributed by atoms with Crippen LogP contribution in [-0.2, 0) is 6.18 Å². The van der Waals surface area contributed by atoms with E-state index in [1.807, 2.05) is 25.1 Å². The van der Waals surface area contributed by atoms with Gasteiger partial charge < -0.3 is 10.1 Å². The monoisotopic (exact) mass is 353 g/mol. The van der Waals surface area contributed by atoms with Gasteiger partial charge in [0, 0.05) is 11.9 Å². The second-order valence-corrected chi connectivity index (χ2v) is 5.81. The van der Waals surface area contributed by atoms with Crippen molar-refractivity contribution in [3.05, 3.63) is 41.6 Å². The average Bonchev–Trinajstić information content (AvgIpc) is 2.54. The summed E-state index contributed by atoms with van der Waals surface area (Å²) in [6.07, 6.45) is -0.120. The molecule has 25 heavy (non-hydrogen) atoms. The van der Waals surface area contributed by atoms with Gasteiger partial charge in [0.05, 0.1) is 6.61 Å². The van der Waals surface area contributed by atoms with E-state index in [9.17, 15) is 13.2 Å². The first-order valence-corrected chi connectivity index (χ1v) is 8.31. The van der Waals surface area contributed by atoms with Crippen LogP contribution in [-0.4, -0.2) is 16.6 Å². The summed E-state index contributed by atoms with van der Waals surface area (Å²) in [6.45, 7) is 4.18. The number of ether oxygens (including phenoxy) is 1. The van der Waals surface area contributed by atoms with Crippen LogP contribution in [0.15, 0.2) is 30.5 Å². The van der Waals surface area contributed by atoms with E-state index in [0.29, 0.717) is 12.1 Å². The molecule has 0 fully saturated rings. The van der Waals surface area contributed by atoms with Crippen LogP contribution in [0.4, 0.5) is 24.8 Å². The van der Waals surface area contributed by atoms with E-state index in [2.05, 4.69) is 22.2 Å². The normalized spacial score (nSPS) is 11.4. The highest BCUT2D eigenvalue weighted by molar-refractivity contribution is 5.54. The van der Waals surface area contributed by atoms with Gasteiger partial charge in [0.1, 0.15) is 5.56 Å². The molecule has 1 aromatic heterocycles. The van der Waals surface area contributed by atoms with Crippen LogP contribution in [0, 0.1) is 6.92 Å². The summed E-state index contributed by atoms with van der Waals surface area (Å²) < 4.78 is 44.6. The van der Waals surface area contributed by atoms with E-state index in [1.54, 1.807) is 6.07 Å². The van der Waals surface area contributed by atoms with Gasteiger partial charge in [-0.1, -0.05) is 38.3 Å². The standard InChI is InChI=1S/C18H22F3N3O/c1-3-4-5-6-10-25-16-15(18(19,20)21)12-22-17(24-16)23-14-9-7-8-13(2)11-14/h7-9,11-12H,3-6,10H2,1-2H3,(H,22,23,24). The first kappa shape index (κ1) is 19.0. The Morgan fingerprint density at radius 1 is 1.16 bits per heavy atom.